The molecule has 0 bridgehead atoms. The average Bonchev–Trinajstić information content (AvgIpc) is 2.34. The van der Waals surface area contributed by atoms with Gasteiger partial charge in [-0.15, -0.1) is 0 Å². The lowest BCUT2D eigenvalue weighted by atomic mass is 9.82. The second kappa shape index (κ2) is 6.55. The molecule has 112 valence electrons. The maximum atomic E-state index is 9.36. The quantitative estimate of drug-likeness (QED) is 0.836. The number of hydrogen-bond donors (Lipinski definition) is 2. The van der Waals surface area contributed by atoms with Crippen LogP contribution in [-0.2, 0) is 6.54 Å². The Morgan fingerprint density at radius 1 is 1.45 bits per heavy atom. The minimum Gasteiger partial charge on any atom is -0.393 e. The zero-order chi connectivity index (χ0) is 14.7. The van der Waals surface area contributed by atoms with Crippen molar-refractivity contribution in [3.63, 3.8) is 0 Å². The van der Waals surface area contributed by atoms with Crippen LogP contribution >= 0.6 is 0 Å². The van der Waals surface area contributed by atoms with Gasteiger partial charge in [-0.05, 0) is 42.9 Å². The van der Waals surface area contributed by atoms with Crippen molar-refractivity contribution < 1.29 is 5.11 Å². The highest BCUT2D eigenvalue weighted by atomic mass is 16.3. The summed E-state index contributed by atoms with van der Waals surface area (Å²) in [5.74, 6) is 1.66. The molecule has 1 saturated carbocycles. The van der Waals surface area contributed by atoms with Crippen molar-refractivity contribution in [2.45, 2.75) is 52.3 Å². The molecule has 1 aromatic rings. The van der Waals surface area contributed by atoms with E-state index in [0.29, 0.717) is 12.0 Å². The second-order valence-electron chi connectivity index (χ2n) is 6.39. The first-order valence-electron chi connectivity index (χ1n) is 7.53. The van der Waals surface area contributed by atoms with E-state index < -0.39 is 0 Å². The Labute approximate surface area is 122 Å². The van der Waals surface area contributed by atoms with Crippen LogP contribution in [0.3, 0.4) is 0 Å². The van der Waals surface area contributed by atoms with Gasteiger partial charge in [-0.1, -0.05) is 13.8 Å². The third-order valence-corrected chi connectivity index (χ3v) is 3.93. The van der Waals surface area contributed by atoms with E-state index >= 15 is 0 Å². The van der Waals surface area contributed by atoms with Crippen molar-refractivity contribution in [1.29, 1.82) is 0 Å². The summed E-state index contributed by atoms with van der Waals surface area (Å²) in [6.07, 6.45) is 3.75. The number of aromatic nitrogens is 1. The highest BCUT2D eigenvalue weighted by Crippen LogP contribution is 2.29. The number of pyridine rings is 1. The number of aryl methyl sites for hydroxylation is 1. The summed E-state index contributed by atoms with van der Waals surface area (Å²) in [6.45, 7) is 8.26. The van der Waals surface area contributed by atoms with Crippen LogP contribution < -0.4 is 10.2 Å². The molecule has 20 heavy (non-hydrogen) atoms. The van der Waals surface area contributed by atoms with E-state index in [0.717, 1.165) is 31.7 Å². The maximum Gasteiger partial charge on any atom is 0.131 e. The minimum atomic E-state index is -0.0769. The van der Waals surface area contributed by atoms with E-state index in [4.69, 9.17) is 0 Å². The summed E-state index contributed by atoms with van der Waals surface area (Å²) >= 11 is 0. The molecule has 4 nitrogen and oxygen atoms in total. The van der Waals surface area contributed by atoms with Gasteiger partial charge in [0.15, 0.2) is 0 Å². The van der Waals surface area contributed by atoms with E-state index in [1.165, 1.54) is 11.1 Å². The largest absolute Gasteiger partial charge is 0.393 e. The normalized spacial score (nSPS) is 21.9. The number of aliphatic hydroxyl groups excluding tert-OH is 1. The third-order valence-electron chi connectivity index (χ3n) is 3.93. The maximum absolute atomic E-state index is 9.36. The van der Waals surface area contributed by atoms with Crippen molar-refractivity contribution in [2.75, 3.05) is 18.5 Å². The van der Waals surface area contributed by atoms with Crippen LogP contribution in [0.5, 0.6) is 0 Å². The van der Waals surface area contributed by atoms with Gasteiger partial charge in [0.2, 0.25) is 0 Å². The van der Waals surface area contributed by atoms with E-state index in [1.807, 2.05) is 6.20 Å². The van der Waals surface area contributed by atoms with Crippen LogP contribution in [0.1, 0.15) is 37.8 Å². The standard InChI is InChI=1S/C16H27N3O/c1-11(2)17-8-14-5-12(3)16(18-9-14)19(4)10-13-6-15(20)7-13/h5,9,11,13,15,17,20H,6-8,10H2,1-4H3. The van der Waals surface area contributed by atoms with Gasteiger partial charge < -0.3 is 15.3 Å². The summed E-state index contributed by atoms with van der Waals surface area (Å²) in [4.78, 5) is 6.82. The fraction of sp³-hybridized carbons (Fsp3) is 0.688. The van der Waals surface area contributed by atoms with Gasteiger partial charge in [-0.25, -0.2) is 4.98 Å². The van der Waals surface area contributed by atoms with E-state index in [-0.39, 0.29) is 6.10 Å². The second-order valence-corrected chi connectivity index (χ2v) is 6.39. The lowest BCUT2D eigenvalue weighted by Gasteiger charge is -2.35. The van der Waals surface area contributed by atoms with Gasteiger partial charge in [0.05, 0.1) is 6.10 Å². The zero-order valence-electron chi connectivity index (χ0n) is 13.1. The van der Waals surface area contributed by atoms with Crippen LogP contribution in [0, 0.1) is 12.8 Å². The van der Waals surface area contributed by atoms with Crippen molar-refractivity contribution in [2.24, 2.45) is 5.92 Å². The number of anilines is 1. The van der Waals surface area contributed by atoms with Crippen LogP contribution in [0.15, 0.2) is 12.3 Å². The van der Waals surface area contributed by atoms with Gasteiger partial charge in [0.25, 0.3) is 0 Å². The van der Waals surface area contributed by atoms with Gasteiger partial charge in [-0.3, -0.25) is 0 Å². The molecule has 4 heteroatoms. The average molecular weight is 277 g/mol. The van der Waals surface area contributed by atoms with Crippen molar-refractivity contribution >= 4 is 5.82 Å². The zero-order valence-corrected chi connectivity index (χ0v) is 13.1. The molecule has 0 spiro atoms. The van der Waals surface area contributed by atoms with Crippen molar-refractivity contribution in [3.05, 3.63) is 23.4 Å². The smallest absolute Gasteiger partial charge is 0.131 e. The highest BCUT2D eigenvalue weighted by molar-refractivity contribution is 5.46. The molecule has 0 unspecified atom stereocenters. The summed E-state index contributed by atoms with van der Waals surface area (Å²) in [6, 6.07) is 2.70. The molecule has 0 aliphatic heterocycles. The molecule has 0 aromatic carbocycles. The molecule has 1 aliphatic rings. The monoisotopic (exact) mass is 277 g/mol. The molecule has 2 N–H and O–H groups in total. The van der Waals surface area contributed by atoms with Gasteiger partial charge >= 0.3 is 0 Å². The SMILES string of the molecule is Cc1cc(CNC(C)C)cnc1N(C)CC1CC(O)C1. The van der Waals surface area contributed by atoms with E-state index in [2.05, 4.69) is 49.1 Å². The first-order valence-corrected chi connectivity index (χ1v) is 7.53. The molecule has 1 aromatic heterocycles. The van der Waals surface area contributed by atoms with Crippen LogP contribution in [0.25, 0.3) is 0 Å². The Kier molecular flexibility index (Phi) is 5.00. The highest BCUT2D eigenvalue weighted by Gasteiger charge is 2.28. The molecular formula is C16H27N3O. The number of nitrogens with one attached hydrogen (secondary N) is 1. The Morgan fingerprint density at radius 3 is 2.70 bits per heavy atom. The number of hydrogen-bond acceptors (Lipinski definition) is 4. The predicted molar refractivity (Wildman–Crippen MR) is 83.0 cm³/mol. The number of aliphatic hydroxyl groups is 1. The molecule has 1 fully saturated rings. The van der Waals surface area contributed by atoms with Crippen LogP contribution in [-0.4, -0.2) is 35.8 Å². The van der Waals surface area contributed by atoms with Gasteiger partial charge in [0.1, 0.15) is 5.82 Å². The van der Waals surface area contributed by atoms with Crippen molar-refractivity contribution in [1.82, 2.24) is 10.3 Å². The molecule has 0 atom stereocenters. The predicted octanol–water partition coefficient (Wildman–Crippen LogP) is 2.10. The van der Waals surface area contributed by atoms with Gasteiger partial charge in [0, 0.05) is 32.4 Å². The number of nitrogens with zero attached hydrogens (tertiary/aromatic N) is 2. The summed E-state index contributed by atoms with van der Waals surface area (Å²) in [5, 5.41) is 12.8. The Hall–Kier alpha value is -1.13. The molecular weight excluding hydrogens is 250 g/mol. The fourth-order valence-corrected chi connectivity index (χ4v) is 2.77. The van der Waals surface area contributed by atoms with E-state index in [1.54, 1.807) is 0 Å². The summed E-state index contributed by atoms with van der Waals surface area (Å²) < 4.78 is 0. The molecule has 1 aliphatic carbocycles. The first kappa shape index (κ1) is 15.3. The Balaban J connectivity index is 1.94. The lowest BCUT2D eigenvalue weighted by Crippen LogP contribution is -2.37. The van der Waals surface area contributed by atoms with Crippen LogP contribution in [0.4, 0.5) is 5.82 Å². The summed E-state index contributed by atoms with van der Waals surface area (Å²) in [5.41, 5.74) is 2.45. The number of rotatable bonds is 6. The van der Waals surface area contributed by atoms with Gasteiger partial charge in [-0.2, -0.15) is 0 Å². The first-order chi connectivity index (χ1) is 9.45. The molecule has 1 heterocycles. The third kappa shape index (κ3) is 3.93. The molecule has 0 radical (unpaired) electrons. The topological polar surface area (TPSA) is 48.4 Å². The van der Waals surface area contributed by atoms with E-state index in [9.17, 15) is 5.11 Å². The molecule has 2 rings (SSSR count). The molecule has 0 saturated heterocycles. The Bertz CT molecular complexity index is 441. The fourth-order valence-electron chi connectivity index (χ4n) is 2.77. The summed E-state index contributed by atoms with van der Waals surface area (Å²) in [7, 11) is 2.09. The minimum absolute atomic E-state index is 0.0769. The van der Waals surface area contributed by atoms with Crippen molar-refractivity contribution in [3.8, 4) is 0 Å². The van der Waals surface area contributed by atoms with Crippen LogP contribution in [0.2, 0.25) is 0 Å². The lowest BCUT2D eigenvalue weighted by molar-refractivity contribution is 0.0464. The molecule has 0 amide bonds. The Morgan fingerprint density at radius 2 is 2.15 bits per heavy atom.